The summed E-state index contributed by atoms with van der Waals surface area (Å²) in [5.74, 6) is 0. The molecule has 0 radical (unpaired) electrons. The second kappa shape index (κ2) is 3.36. The number of hydrogen-bond donors (Lipinski definition) is 1. The summed E-state index contributed by atoms with van der Waals surface area (Å²) in [6.07, 6.45) is 5.72. The van der Waals surface area contributed by atoms with Crippen LogP contribution in [-0.4, -0.2) is 19.4 Å². The Labute approximate surface area is 113 Å². The maximum Gasteiger partial charge on any atom is 0.118 e. The van der Waals surface area contributed by atoms with Crippen LogP contribution in [0.25, 0.3) is 38.4 Å². The van der Waals surface area contributed by atoms with E-state index >= 15 is 0 Å². The molecule has 0 saturated heterocycles. The molecule has 0 unspecified atom stereocenters. The Morgan fingerprint density at radius 1 is 0.950 bits per heavy atom. The van der Waals surface area contributed by atoms with Crippen molar-refractivity contribution in [2.45, 2.75) is 0 Å². The third-order valence-corrected chi connectivity index (χ3v) is 3.88. The number of nitrogens with one attached hydrogen (secondary N) is 1. The van der Waals surface area contributed by atoms with E-state index in [1.165, 1.54) is 10.8 Å². The Kier molecular flexibility index (Phi) is 1.68. The van der Waals surface area contributed by atoms with Crippen molar-refractivity contribution in [1.29, 1.82) is 0 Å². The topological polar surface area (TPSA) is 46.0 Å². The van der Waals surface area contributed by atoms with Crippen LogP contribution in [0.1, 0.15) is 0 Å². The average Bonchev–Trinajstić information content (AvgIpc) is 3.11. The fourth-order valence-corrected chi connectivity index (χ4v) is 3.03. The van der Waals surface area contributed by atoms with E-state index in [1.54, 1.807) is 6.33 Å². The number of benzene rings is 1. The Bertz CT molecular complexity index is 1100. The number of aromatic nitrogens is 4. The van der Waals surface area contributed by atoms with E-state index in [0.29, 0.717) is 0 Å². The highest BCUT2D eigenvalue weighted by atomic mass is 15.0. The van der Waals surface area contributed by atoms with Gasteiger partial charge in [0.05, 0.1) is 16.6 Å². The van der Waals surface area contributed by atoms with Crippen molar-refractivity contribution in [3.63, 3.8) is 0 Å². The van der Waals surface area contributed by atoms with E-state index in [4.69, 9.17) is 0 Å². The lowest BCUT2D eigenvalue weighted by Gasteiger charge is -2.04. The number of nitrogens with zero attached hydrogens (tertiary/aromatic N) is 3. The van der Waals surface area contributed by atoms with Crippen molar-refractivity contribution in [1.82, 2.24) is 19.4 Å². The highest BCUT2D eigenvalue weighted by Gasteiger charge is 2.14. The van der Waals surface area contributed by atoms with Crippen LogP contribution in [0.5, 0.6) is 0 Å². The van der Waals surface area contributed by atoms with Gasteiger partial charge in [-0.3, -0.25) is 0 Å². The van der Waals surface area contributed by atoms with Crippen molar-refractivity contribution in [2.24, 2.45) is 0 Å². The third-order valence-electron chi connectivity index (χ3n) is 3.88. The van der Waals surface area contributed by atoms with E-state index in [9.17, 15) is 0 Å². The number of pyridine rings is 2. The molecule has 0 fully saturated rings. The summed E-state index contributed by atoms with van der Waals surface area (Å²) < 4.78 is 2.20. The summed E-state index contributed by atoms with van der Waals surface area (Å²) in [5.41, 5.74) is 5.14. The second-order valence-corrected chi connectivity index (χ2v) is 4.94. The smallest absolute Gasteiger partial charge is 0.118 e. The minimum absolute atomic E-state index is 0.928. The molecule has 0 aliphatic rings. The lowest BCUT2D eigenvalue weighted by atomic mass is 10.2. The molecule has 0 spiro atoms. The van der Waals surface area contributed by atoms with Crippen molar-refractivity contribution in [3.8, 4) is 0 Å². The number of hydrogen-bond acceptors (Lipinski definition) is 2. The number of rotatable bonds is 0. The number of aromatic amines is 1. The molecule has 5 aromatic rings. The average molecular weight is 258 g/mol. The highest BCUT2D eigenvalue weighted by Crippen LogP contribution is 2.31. The van der Waals surface area contributed by atoms with Gasteiger partial charge in [-0.2, -0.15) is 0 Å². The molecular weight excluding hydrogens is 248 g/mol. The van der Waals surface area contributed by atoms with E-state index in [2.05, 4.69) is 55.9 Å². The van der Waals surface area contributed by atoms with Gasteiger partial charge in [0.25, 0.3) is 0 Å². The van der Waals surface area contributed by atoms with Gasteiger partial charge >= 0.3 is 0 Å². The predicted octanol–water partition coefficient (Wildman–Crippen LogP) is 3.52. The standard InChI is InChI=1S/C16H10N4/c1-2-5-11-10(4-1)8-20-12-6-3-7-17-13(12)14-15(16(11)20)19-9-18-14/h1-9,17H. The number of imidazole rings is 1. The molecule has 0 amide bonds. The molecule has 0 aliphatic carbocycles. The van der Waals surface area contributed by atoms with Crippen LogP contribution in [0.4, 0.5) is 0 Å². The van der Waals surface area contributed by atoms with Gasteiger partial charge in [0, 0.05) is 23.2 Å². The number of H-pyrrole nitrogens is 1. The minimum Gasteiger partial charge on any atom is -0.358 e. The van der Waals surface area contributed by atoms with Crippen molar-refractivity contribution in [3.05, 3.63) is 55.1 Å². The first-order chi connectivity index (χ1) is 9.93. The maximum absolute atomic E-state index is 4.47. The van der Waals surface area contributed by atoms with Crippen LogP contribution in [0.2, 0.25) is 0 Å². The summed E-state index contributed by atoms with van der Waals surface area (Å²) in [5, 5.41) is 2.43. The molecule has 0 saturated carbocycles. The molecule has 4 nitrogen and oxygen atoms in total. The van der Waals surface area contributed by atoms with E-state index in [0.717, 1.165) is 27.6 Å². The molecule has 5 rings (SSSR count). The Balaban J connectivity index is 2.26. The fourth-order valence-electron chi connectivity index (χ4n) is 3.03. The van der Waals surface area contributed by atoms with Gasteiger partial charge in [-0.25, -0.2) is 9.97 Å². The molecule has 0 atom stereocenters. The molecule has 4 heteroatoms. The summed E-state index contributed by atoms with van der Waals surface area (Å²) in [6.45, 7) is 0. The summed E-state index contributed by atoms with van der Waals surface area (Å²) in [7, 11) is 0. The van der Waals surface area contributed by atoms with Crippen LogP contribution < -0.4 is 0 Å². The molecule has 94 valence electrons. The number of fused-ring (bicyclic) bond motifs is 8. The molecule has 1 N–H and O–H groups in total. The largest absolute Gasteiger partial charge is 0.358 e. The Morgan fingerprint density at radius 3 is 2.85 bits per heavy atom. The molecule has 4 heterocycles. The fraction of sp³-hybridized carbons (Fsp3) is 0. The van der Waals surface area contributed by atoms with Crippen molar-refractivity contribution >= 4 is 38.4 Å². The highest BCUT2D eigenvalue weighted by molar-refractivity contribution is 6.15. The predicted molar refractivity (Wildman–Crippen MR) is 79.9 cm³/mol. The first kappa shape index (κ1) is 9.97. The molecule has 20 heavy (non-hydrogen) atoms. The first-order valence-corrected chi connectivity index (χ1v) is 6.53. The zero-order valence-corrected chi connectivity index (χ0v) is 10.5. The third kappa shape index (κ3) is 1.07. The molecule has 0 bridgehead atoms. The Morgan fingerprint density at radius 2 is 1.85 bits per heavy atom. The van der Waals surface area contributed by atoms with Gasteiger partial charge in [-0.1, -0.05) is 24.3 Å². The first-order valence-electron chi connectivity index (χ1n) is 6.53. The normalized spacial score (nSPS) is 12.0. The van der Waals surface area contributed by atoms with E-state index < -0.39 is 0 Å². The quantitative estimate of drug-likeness (QED) is 0.462. The van der Waals surface area contributed by atoms with Gasteiger partial charge in [-0.05, 0) is 12.1 Å². The zero-order chi connectivity index (χ0) is 13.1. The molecular formula is C16H10N4. The Hall–Kier alpha value is -2.88. The van der Waals surface area contributed by atoms with E-state index in [-0.39, 0.29) is 0 Å². The lowest BCUT2D eigenvalue weighted by molar-refractivity contribution is 1.26. The van der Waals surface area contributed by atoms with Crippen molar-refractivity contribution in [2.75, 3.05) is 0 Å². The lowest BCUT2D eigenvalue weighted by Crippen LogP contribution is -1.90. The van der Waals surface area contributed by atoms with Gasteiger partial charge in [0.2, 0.25) is 0 Å². The second-order valence-electron chi connectivity index (χ2n) is 4.94. The summed E-state index contributed by atoms with van der Waals surface area (Å²) >= 11 is 0. The van der Waals surface area contributed by atoms with Crippen LogP contribution in [-0.2, 0) is 0 Å². The molecule has 4 aromatic heterocycles. The van der Waals surface area contributed by atoms with Crippen molar-refractivity contribution < 1.29 is 0 Å². The zero-order valence-electron chi connectivity index (χ0n) is 10.5. The van der Waals surface area contributed by atoms with Gasteiger partial charge in [0.15, 0.2) is 0 Å². The van der Waals surface area contributed by atoms with Crippen LogP contribution in [0, 0.1) is 0 Å². The maximum atomic E-state index is 4.47. The van der Waals surface area contributed by atoms with Crippen LogP contribution in [0.3, 0.4) is 0 Å². The van der Waals surface area contributed by atoms with Crippen LogP contribution >= 0.6 is 0 Å². The molecule has 1 aromatic carbocycles. The summed E-state index contributed by atoms with van der Waals surface area (Å²) in [6, 6.07) is 12.5. The van der Waals surface area contributed by atoms with Gasteiger partial charge in [0.1, 0.15) is 17.4 Å². The summed E-state index contributed by atoms with van der Waals surface area (Å²) in [4.78, 5) is 12.2. The molecule has 0 aliphatic heterocycles. The van der Waals surface area contributed by atoms with Gasteiger partial charge in [-0.15, -0.1) is 0 Å². The minimum atomic E-state index is 0.928. The van der Waals surface area contributed by atoms with E-state index in [1.807, 2.05) is 12.3 Å². The monoisotopic (exact) mass is 258 g/mol. The SMILES string of the molecule is c1ccc2c(c1)cn1c3ccc[nH]c3c3ncnc3c21. The van der Waals surface area contributed by atoms with Gasteiger partial charge < -0.3 is 9.38 Å². The van der Waals surface area contributed by atoms with Crippen LogP contribution in [0.15, 0.2) is 55.1 Å².